The van der Waals surface area contributed by atoms with Crippen LogP contribution in [-0.4, -0.2) is 22.0 Å². The first-order chi connectivity index (χ1) is 5.07. The van der Waals surface area contributed by atoms with Crippen molar-refractivity contribution in [2.75, 3.05) is 5.75 Å². The minimum atomic E-state index is 0.294. The molecule has 0 aromatic rings. The van der Waals surface area contributed by atoms with Crippen molar-refractivity contribution in [2.45, 2.75) is 26.0 Å². The van der Waals surface area contributed by atoms with Crippen molar-refractivity contribution in [3.05, 3.63) is 0 Å². The molecule has 3 nitrogen and oxygen atoms in total. The van der Waals surface area contributed by atoms with E-state index >= 15 is 0 Å². The first-order valence-electron chi connectivity index (χ1n) is 3.66. The highest BCUT2D eigenvalue weighted by Crippen LogP contribution is 2.17. The van der Waals surface area contributed by atoms with Crippen LogP contribution in [-0.2, 0) is 0 Å². The lowest BCUT2D eigenvalue weighted by Gasteiger charge is -2.13. The lowest BCUT2D eigenvalue weighted by Crippen LogP contribution is -2.17. The Morgan fingerprint density at radius 3 is 2.45 bits per heavy atom. The molecule has 0 aromatic carbocycles. The van der Waals surface area contributed by atoms with Gasteiger partial charge >= 0.3 is 0 Å². The number of hydrogen-bond donors (Lipinski definition) is 2. The molecular formula is C7H16N2OS. The van der Waals surface area contributed by atoms with Crippen LogP contribution in [0.5, 0.6) is 0 Å². The largest absolute Gasteiger partial charge is 0.409 e. The van der Waals surface area contributed by atoms with Crippen molar-refractivity contribution in [1.29, 1.82) is 0 Å². The topological polar surface area (TPSA) is 58.6 Å². The Morgan fingerprint density at radius 1 is 1.55 bits per heavy atom. The van der Waals surface area contributed by atoms with Crippen LogP contribution < -0.4 is 5.73 Å². The maximum Gasteiger partial charge on any atom is 0.149 e. The van der Waals surface area contributed by atoms with Gasteiger partial charge in [0.25, 0.3) is 0 Å². The van der Waals surface area contributed by atoms with Gasteiger partial charge in [-0.05, 0) is 5.92 Å². The van der Waals surface area contributed by atoms with Crippen molar-refractivity contribution in [2.24, 2.45) is 16.8 Å². The van der Waals surface area contributed by atoms with Gasteiger partial charge in [-0.2, -0.15) is 11.8 Å². The third-order valence-corrected chi connectivity index (χ3v) is 3.09. The smallest absolute Gasteiger partial charge is 0.149 e. The maximum absolute atomic E-state index is 8.24. The molecule has 4 heteroatoms. The summed E-state index contributed by atoms with van der Waals surface area (Å²) in [6.45, 7) is 6.45. The van der Waals surface area contributed by atoms with E-state index in [1.54, 1.807) is 11.8 Å². The Kier molecular flexibility index (Phi) is 5.11. The van der Waals surface area contributed by atoms with E-state index in [4.69, 9.17) is 10.9 Å². The standard InChI is InChI=1S/C7H16N2OS/c1-5(2)6(3)11-4-7(8)9-10/h5-6,10H,4H2,1-3H3,(H2,8,9). The minimum absolute atomic E-state index is 0.294. The van der Waals surface area contributed by atoms with Gasteiger partial charge in [-0.1, -0.05) is 25.9 Å². The average Bonchev–Trinajstić information content (AvgIpc) is 1.99. The quantitative estimate of drug-likeness (QED) is 0.295. The van der Waals surface area contributed by atoms with Crippen LogP contribution in [0.15, 0.2) is 5.16 Å². The van der Waals surface area contributed by atoms with Crippen LogP contribution in [0.25, 0.3) is 0 Å². The Bertz CT molecular complexity index is 136. The molecule has 0 heterocycles. The Balaban J connectivity index is 3.54. The summed E-state index contributed by atoms with van der Waals surface area (Å²) < 4.78 is 0. The highest BCUT2D eigenvalue weighted by atomic mass is 32.2. The summed E-state index contributed by atoms with van der Waals surface area (Å²) in [5.74, 6) is 1.53. The second kappa shape index (κ2) is 5.29. The van der Waals surface area contributed by atoms with Gasteiger partial charge in [0.2, 0.25) is 0 Å². The molecule has 0 aromatic heterocycles. The molecular weight excluding hydrogens is 160 g/mol. The molecule has 3 N–H and O–H groups in total. The highest BCUT2D eigenvalue weighted by molar-refractivity contribution is 8.00. The molecule has 0 saturated heterocycles. The van der Waals surface area contributed by atoms with E-state index in [1.807, 2.05) is 0 Å². The zero-order chi connectivity index (χ0) is 8.85. The predicted molar refractivity (Wildman–Crippen MR) is 50.2 cm³/mol. The van der Waals surface area contributed by atoms with Crippen molar-refractivity contribution >= 4 is 17.6 Å². The van der Waals surface area contributed by atoms with Crippen LogP contribution in [0.4, 0.5) is 0 Å². The molecule has 0 aliphatic rings. The van der Waals surface area contributed by atoms with E-state index in [2.05, 4.69) is 25.9 Å². The van der Waals surface area contributed by atoms with Crippen LogP contribution >= 0.6 is 11.8 Å². The van der Waals surface area contributed by atoms with Crippen molar-refractivity contribution in [3.63, 3.8) is 0 Å². The zero-order valence-corrected chi connectivity index (χ0v) is 8.06. The molecule has 66 valence electrons. The summed E-state index contributed by atoms with van der Waals surface area (Å²) in [6, 6.07) is 0. The molecule has 0 saturated carbocycles. The molecule has 0 spiro atoms. The minimum Gasteiger partial charge on any atom is -0.409 e. The molecule has 0 aliphatic carbocycles. The summed E-state index contributed by atoms with van der Waals surface area (Å²) in [5.41, 5.74) is 5.30. The fraction of sp³-hybridized carbons (Fsp3) is 0.857. The molecule has 0 bridgehead atoms. The molecule has 1 atom stereocenters. The summed E-state index contributed by atoms with van der Waals surface area (Å²) in [4.78, 5) is 0. The van der Waals surface area contributed by atoms with Gasteiger partial charge < -0.3 is 10.9 Å². The van der Waals surface area contributed by atoms with Gasteiger partial charge in [0.05, 0.1) is 5.75 Å². The lowest BCUT2D eigenvalue weighted by atomic mass is 10.2. The van der Waals surface area contributed by atoms with E-state index in [0.717, 1.165) is 0 Å². The number of hydrogen-bond acceptors (Lipinski definition) is 3. The van der Waals surface area contributed by atoms with Crippen LogP contribution in [0, 0.1) is 5.92 Å². The summed E-state index contributed by atoms with van der Waals surface area (Å²) in [7, 11) is 0. The Labute approximate surface area is 72.0 Å². The van der Waals surface area contributed by atoms with Crippen molar-refractivity contribution in [1.82, 2.24) is 0 Å². The highest BCUT2D eigenvalue weighted by Gasteiger charge is 2.07. The van der Waals surface area contributed by atoms with Crippen molar-refractivity contribution < 1.29 is 5.21 Å². The monoisotopic (exact) mass is 176 g/mol. The van der Waals surface area contributed by atoms with E-state index in [1.165, 1.54) is 0 Å². The first kappa shape index (κ1) is 10.6. The average molecular weight is 176 g/mol. The second-order valence-corrected chi connectivity index (χ2v) is 4.22. The summed E-state index contributed by atoms with van der Waals surface area (Å²) in [5, 5.41) is 11.7. The number of nitrogens with zero attached hydrogens (tertiary/aromatic N) is 1. The Hall–Kier alpha value is -0.380. The van der Waals surface area contributed by atoms with E-state index in [9.17, 15) is 0 Å². The molecule has 0 aliphatic heterocycles. The van der Waals surface area contributed by atoms with Gasteiger partial charge in [-0.15, -0.1) is 0 Å². The molecule has 0 radical (unpaired) electrons. The van der Waals surface area contributed by atoms with Crippen LogP contribution in [0.2, 0.25) is 0 Å². The number of amidine groups is 1. The summed E-state index contributed by atoms with van der Waals surface area (Å²) in [6.07, 6.45) is 0. The fourth-order valence-electron chi connectivity index (χ4n) is 0.438. The molecule has 1 unspecified atom stereocenters. The summed E-state index contributed by atoms with van der Waals surface area (Å²) >= 11 is 1.70. The second-order valence-electron chi connectivity index (χ2n) is 2.85. The zero-order valence-electron chi connectivity index (χ0n) is 7.24. The molecule has 11 heavy (non-hydrogen) atoms. The Morgan fingerprint density at radius 2 is 2.09 bits per heavy atom. The van der Waals surface area contributed by atoms with Gasteiger partial charge in [-0.3, -0.25) is 0 Å². The maximum atomic E-state index is 8.24. The van der Waals surface area contributed by atoms with Gasteiger partial charge in [0.1, 0.15) is 5.84 Å². The van der Waals surface area contributed by atoms with Gasteiger partial charge in [-0.25, -0.2) is 0 Å². The van der Waals surface area contributed by atoms with E-state index in [0.29, 0.717) is 22.8 Å². The lowest BCUT2D eigenvalue weighted by molar-refractivity contribution is 0.318. The molecule has 0 rings (SSSR count). The van der Waals surface area contributed by atoms with E-state index in [-0.39, 0.29) is 0 Å². The van der Waals surface area contributed by atoms with Gasteiger partial charge in [0.15, 0.2) is 0 Å². The normalized spacial score (nSPS) is 15.5. The van der Waals surface area contributed by atoms with Crippen molar-refractivity contribution in [3.8, 4) is 0 Å². The SMILES string of the molecule is CC(C)C(C)SCC(N)=NO. The third kappa shape index (κ3) is 4.95. The van der Waals surface area contributed by atoms with Gasteiger partial charge in [0, 0.05) is 5.25 Å². The number of nitrogens with two attached hydrogens (primary N) is 1. The number of oxime groups is 1. The fourth-order valence-corrected chi connectivity index (χ4v) is 1.31. The van der Waals surface area contributed by atoms with Crippen LogP contribution in [0.3, 0.4) is 0 Å². The number of thioether (sulfide) groups is 1. The predicted octanol–water partition coefficient (Wildman–Crippen LogP) is 1.51. The van der Waals surface area contributed by atoms with E-state index < -0.39 is 0 Å². The molecule has 0 amide bonds. The number of rotatable bonds is 4. The molecule has 0 fully saturated rings. The van der Waals surface area contributed by atoms with Crippen LogP contribution in [0.1, 0.15) is 20.8 Å². The third-order valence-electron chi connectivity index (χ3n) is 1.56. The first-order valence-corrected chi connectivity index (χ1v) is 4.70.